The molecule has 0 aliphatic heterocycles. The molecule has 0 unspecified atom stereocenters. The minimum atomic E-state index is -0.203. The van der Waals surface area contributed by atoms with Gasteiger partial charge in [0.05, 0.1) is 6.20 Å². The van der Waals surface area contributed by atoms with Crippen molar-refractivity contribution in [3.05, 3.63) is 24.4 Å². The number of hydrogen-bond acceptors (Lipinski definition) is 5. The Morgan fingerprint density at radius 2 is 2.50 bits per heavy atom. The molecule has 0 aromatic carbocycles. The van der Waals surface area contributed by atoms with Crippen molar-refractivity contribution in [1.82, 2.24) is 30.7 Å². The smallest absolute Gasteiger partial charge is 0.287 e. The molecule has 0 radical (unpaired) electrons. The van der Waals surface area contributed by atoms with Gasteiger partial charge in [-0.3, -0.25) is 4.79 Å². The van der Waals surface area contributed by atoms with Gasteiger partial charge in [-0.05, 0) is 0 Å². The van der Waals surface area contributed by atoms with Crippen LogP contribution in [-0.2, 0) is 0 Å². The number of nitrogens with one attached hydrogen (secondary N) is 3. The molecule has 1 amide bonds. The van der Waals surface area contributed by atoms with E-state index in [1.165, 1.54) is 11.8 Å². The highest BCUT2D eigenvalue weighted by Crippen LogP contribution is 2.10. The molecule has 0 aliphatic carbocycles. The zero-order valence-electron chi connectivity index (χ0n) is 8.30. The number of nitrogens with zero attached hydrogens (tertiary/aromatic N) is 3. The molecule has 0 saturated carbocycles. The maximum Gasteiger partial charge on any atom is 0.287 e. The molecule has 2 rings (SSSR count). The Labute approximate surface area is 95.4 Å². The quantitative estimate of drug-likeness (QED) is 0.505. The summed E-state index contributed by atoms with van der Waals surface area (Å²) in [5.74, 6) is 0.857. The minimum absolute atomic E-state index is 0.203. The number of carbonyl (C=O) groups is 1. The van der Waals surface area contributed by atoms with Crippen LogP contribution < -0.4 is 5.32 Å². The van der Waals surface area contributed by atoms with Crippen molar-refractivity contribution >= 4 is 17.7 Å². The average molecular weight is 238 g/mol. The molecule has 2 aromatic rings. The lowest BCUT2D eigenvalue weighted by Crippen LogP contribution is -2.26. The highest BCUT2D eigenvalue weighted by Gasteiger charge is 2.06. The number of carbonyl (C=O) groups excluding carboxylic acids is 1. The minimum Gasteiger partial charge on any atom is -0.349 e. The van der Waals surface area contributed by atoms with Crippen molar-refractivity contribution < 1.29 is 4.79 Å². The second-order valence-electron chi connectivity index (χ2n) is 2.85. The van der Waals surface area contributed by atoms with Crippen LogP contribution in [0.1, 0.15) is 10.6 Å². The van der Waals surface area contributed by atoms with Gasteiger partial charge in [-0.2, -0.15) is 10.3 Å². The first kappa shape index (κ1) is 10.7. The molecule has 16 heavy (non-hydrogen) atoms. The number of aromatic nitrogens is 5. The summed E-state index contributed by atoms with van der Waals surface area (Å²) in [6, 6.07) is 0. The van der Waals surface area contributed by atoms with Gasteiger partial charge in [0.25, 0.3) is 5.91 Å². The fourth-order valence-electron chi connectivity index (χ4n) is 1.05. The second-order valence-corrected chi connectivity index (χ2v) is 3.97. The summed E-state index contributed by atoms with van der Waals surface area (Å²) in [6.45, 7) is 0.553. The summed E-state index contributed by atoms with van der Waals surface area (Å²) in [5, 5.41) is 13.6. The third-order valence-corrected chi connectivity index (χ3v) is 2.64. The molecule has 0 bridgehead atoms. The van der Waals surface area contributed by atoms with Gasteiger partial charge in [0, 0.05) is 24.7 Å². The number of rotatable bonds is 5. The largest absolute Gasteiger partial charge is 0.349 e. The molecular weight excluding hydrogens is 228 g/mol. The first-order valence-electron chi connectivity index (χ1n) is 4.62. The van der Waals surface area contributed by atoms with Crippen LogP contribution >= 0.6 is 11.8 Å². The van der Waals surface area contributed by atoms with Gasteiger partial charge in [0.2, 0.25) is 0 Å². The Morgan fingerprint density at radius 1 is 1.56 bits per heavy atom. The fourth-order valence-corrected chi connectivity index (χ4v) is 1.70. The predicted molar refractivity (Wildman–Crippen MR) is 58.0 cm³/mol. The highest BCUT2D eigenvalue weighted by atomic mass is 32.2. The van der Waals surface area contributed by atoms with E-state index in [2.05, 4.69) is 30.7 Å². The normalized spacial score (nSPS) is 10.2. The van der Waals surface area contributed by atoms with Crippen LogP contribution in [0.2, 0.25) is 0 Å². The molecular formula is C8H10N6OS. The molecule has 84 valence electrons. The number of thioether (sulfide) groups is 1. The SMILES string of the molecule is O=C(NCCSc1cn[nH]n1)c1ncc[nH]1. The Balaban J connectivity index is 1.67. The van der Waals surface area contributed by atoms with Gasteiger partial charge in [-0.25, -0.2) is 4.98 Å². The van der Waals surface area contributed by atoms with Crippen molar-refractivity contribution in [3.63, 3.8) is 0 Å². The summed E-state index contributed by atoms with van der Waals surface area (Å²) in [7, 11) is 0. The molecule has 8 heteroatoms. The summed E-state index contributed by atoms with van der Waals surface area (Å²) in [6.07, 6.45) is 4.79. The third-order valence-electron chi connectivity index (χ3n) is 1.74. The van der Waals surface area contributed by atoms with Gasteiger partial charge in [-0.15, -0.1) is 16.9 Å². The summed E-state index contributed by atoms with van der Waals surface area (Å²) < 4.78 is 0. The monoisotopic (exact) mass is 238 g/mol. The Morgan fingerprint density at radius 3 is 3.19 bits per heavy atom. The van der Waals surface area contributed by atoms with Crippen LogP contribution in [0.25, 0.3) is 0 Å². The van der Waals surface area contributed by atoms with Gasteiger partial charge >= 0.3 is 0 Å². The topological polar surface area (TPSA) is 99.3 Å². The molecule has 0 saturated heterocycles. The molecule has 2 aromatic heterocycles. The van der Waals surface area contributed by atoms with E-state index >= 15 is 0 Å². The van der Waals surface area contributed by atoms with E-state index in [0.717, 1.165) is 10.8 Å². The summed E-state index contributed by atoms with van der Waals surface area (Å²) in [4.78, 5) is 18.0. The lowest BCUT2D eigenvalue weighted by Gasteiger charge is -2.00. The van der Waals surface area contributed by atoms with E-state index in [9.17, 15) is 4.79 Å². The van der Waals surface area contributed by atoms with E-state index < -0.39 is 0 Å². The molecule has 2 heterocycles. The Hall–Kier alpha value is -1.83. The van der Waals surface area contributed by atoms with Crippen LogP contribution in [-0.4, -0.2) is 43.6 Å². The first-order valence-corrected chi connectivity index (χ1v) is 5.61. The summed E-state index contributed by atoms with van der Waals surface area (Å²) >= 11 is 1.52. The van der Waals surface area contributed by atoms with Gasteiger partial charge < -0.3 is 10.3 Å². The van der Waals surface area contributed by atoms with E-state index in [4.69, 9.17) is 0 Å². The standard InChI is InChI=1S/C8H10N6OS/c15-8(7-9-1-2-10-7)11-3-4-16-6-5-12-14-13-6/h1-2,5H,3-4H2,(H,9,10)(H,11,15)(H,12,13,14). The summed E-state index contributed by atoms with van der Waals surface area (Å²) in [5.41, 5.74) is 0. The number of imidazole rings is 1. The fraction of sp³-hybridized carbons (Fsp3) is 0.250. The van der Waals surface area contributed by atoms with Crippen molar-refractivity contribution in [1.29, 1.82) is 0 Å². The number of amides is 1. The molecule has 7 nitrogen and oxygen atoms in total. The molecule has 0 spiro atoms. The predicted octanol–water partition coefficient (Wildman–Crippen LogP) is 0.0499. The molecule has 0 fully saturated rings. The molecule has 0 aliphatic rings. The van der Waals surface area contributed by atoms with Gasteiger partial charge in [0.1, 0.15) is 5.03 Å². The lowest BCUT2D eigenvalue weighted by molar-refractivity contribution is 0.0947. The maximum absolute atomic E-state index is 11.4. The van der Waals surface area contributed by atoms with Crippen LogP contribution in [0.5, 0.6) is 0 Å². The van der Waals surface area contributed by atoms with Crippen LogP contribution in [0.4, 0.5) is 0 Å². The number of aromatic amines is 2. The Kier molecular flexibility index (Phi) is 3.54. The first-order chi connectivity index (χ1) is 7.86. The van der Waals surface area contributed by atoms with Crippen LogP contribution in [0.15, 0.2) is 23.6 Å². The molecule has 3 N–H and O–H groups in total. The Bertz CT molecular complexity index is 425. The highest BCUT2D eigenvalue weighted by molar-refractivity contribution is 7.99. The zero-order valence-corrected chi connectivity index (χ0v) is 9.12. The van der Waals surface area contributed by atoms with E-state index in [1.54, 1.807) is 18.6 Å². The van der Waals surface area contributed by atoms with E-state index in [-0.39, 0.29) is 5.91 Å². The van der Waals surface area contributed by atoms with Crippen molar-refractivity contribution in [2.75, 3.05) is 12.3 Å². The van der Waals surface area contributed by atoms with Crippen molar-refractivity contribution in [2.24, 2.45) is 0 Å². The zero-order chi connectivity index (χ0) is 11.2. The average Bonchev–Trinajstić information content (AvgIpc) is 2.96. The van der Waals surface area contributed by atoms with E-state index in [1.807, 2.05) is 0 Å². The number of hydrogen-bond donors (Lipinski definition) is 3. The lowest BCUT2D eigenvalue weighted by atomic mass is 10.5. The second kappa shape index (κ2) is 5.31. The van der Waals surface area contributed by atoms with Crippen molar-refractivity contribution in [2.45, 2.75) is 5.03 Å². The van der Waals surface area contributed by atoms with Crippen LogP contribution in [0.3, 0.4) is 0 Å². The maximum atomic E-state index is 11.4. The van der Waals surface area contributed by atoms with Gasteiger partial charge in [0.15, 0.2) is 5.82 Å². The van der Waals surface area contributed by atoms with Gasteiger partial charge in [-0.1, -0.05) is 0 Å². The van der Waals surface area contributed by atoms with Crippen LogP contribution in [0, 0.1) is 0 Å². The van der Waals surface area contributed by atoms with Crippen molar-refractivity contribution in [3.8, 4) is 0 Å². The molecule has 0 atom stereocenters. The third kappa shape index (κ3) is 2.83. The number of H-pyrrole nitrogens is 2. The van der Waals surface area contributed by atoms with E-state index in [0.29, 0.717) is 12.4 Å².